The maximum absolute atomic E-state index is 10.6. The molecule has 0 aliphatic carbocycles. The summed E-state index contributed by atoms with van der Waals surface area (Å²) in [6.45, 7) is 4.55. The number of carbonyl (C=O) groups is 1. The van der Waals surface area contributed by atoms with Crippen LogP contribution in [0.15, 0.2) is 0 Å². The van der Waals surface area contributed by atoms with E-state index in [9.17, 15) is 4.79 Å². The van der Waals surface area contributed by atoms with Gasteiger partial charge in [0.2, 0.25) is 5.91 Å². The van der Waals surface area contributed by atoms with Crippen molar-refractivity contribution in [3.05, 3.63) is 16.8 Å². The molecule has 0 saturated heterocycles. The first-order valence-corrected chi connectivity index (χ1v) is 5.62. The van der Waals surface area contributed by atoms with Crippen LogP contribution in [-0.2, 0) is 11.3 Å². The average Bonchev–Trinajstić information content (AvgIpc) is 2.47. The smallest absolute Gasteiger partial charge is 0.217 e. The van der Waals surface area contributed by atoms with Crippen molar-refractivity contribution in [1.29, 1.82) is 5.26 Å². The van der Waals surface area contributed by atoms with Crippen molar-refractivity contribution in [2.75, 3.05) is 5.73 Å². The van der Waals surface area contributed by atoms with E-state index in [4.69, 9.17) is 16.7 Å². The normalized spacial score (nSPS) is 10.2. The summed E-state index contributed by atoms with van der Waals surface area (Å²) in [5.74, 6) is 0.234. The molecule has 0 fully saturated rings. The van der Waals surface area contributed by atoms with Gasteiger partial charge in [0.15, 0.2) is 0 Å². The van der Waals surface area contributed by atoms with Crippen molar-refractivity contribution in [2.24, 2.45) is 5.73 Å². The second-order valence-corrected chi connectivity index (χ2v) is 4.16. The van der Waals surface area contributed by atoms with Gasteiger partial charge in [-0.1, -0.05) is 0 Å². The first-order chi connectivity index (χ1) is 7.99. The van der Waals surface area contributed by atoms with Gasteiger partial charge in [-0.05, 0) is 32.3 Å². The fraction of sp³-hybridized carbons (Fsp3) is 0.500. The van der Waals surface area contributed by atoms with Gasteiger partial charge in [-0.15, -0.1) is 0 Å². The second kappa shape index (κ2) is 5.39. The number of amides is 1. The van der Waals surface area contributed by atoms with Crippen LogP contribution in [0.2, 0.25) is 0 Å². The summed E-state index contributed by atoms with van der Waals surface area (Å²) in [4.78, 5) is 10.6. The van der Waals surface area contributed by atoms with Gasteiger partial charge in [-0.25, -0.2) is 0 Å². The van der Waals surface area contributed by atoms with Crippen LogP contribution in [-0.4, -0.2) is 10.5 Å². The van der Waals surface area contributed by atoms with E-state index in [0.29, 0.717) is 24.3 Å². The molecule has 0 spiro atoms. The monoisotopic (exact) mass is 234 g/mol. The molecule has 1 aromatic heterocycles. The largest absolute Gasteiger partial charge is 0.384 e. The Morgan fingerprint density at radius 2 is 2.06 bits per heavy atom. The van der Waals surface area contributed by atoms with Gasteiger partial charge >= 0.3 is 0 Å². The van der Waals surface area contributed by atoms with Crippen LogP contribution in [0.5, 0.6) is 0 Å². The quantitative estimate of drug-likeness (QED) is 0.749. The van der Waals surface area contributed by atoms with E-state index >= 15 is 0 Å². The fourth-order valence-corrected chi connectivity index (χ4v) is 1.89. The second-order valence-electron chi connectivity index (χ2n) is 4.16. The molecule has 0 atom stereocenters. The zero-order valence-corrected chi connectivity index (χ0v) is 10.3. The SMILES string of the molecule is Cc1c(C#N)c(N)n(CCCCC(N)=O)c1C. The molecule has 0 radical (unpaired) electrons. The Bertz CT molecular complexity index is 468. The van der Waals surface area contributed by atoms with Gasteiger partial charge in [0.05, 0.1) is 5.56 Å². The minimum Gasteiger partial charge on any atom is -0.384 e. The first kappa shape index (κ1) is 13.1. The Labute approximate surface area is 101 Å². The molecule has 1 aromatic rings. The number of carbonyl (C=O) groups excluding carboxylic acids is 1. The maximum atomic E-state index is 10.6. The summed E-state index contributed by atoms with van der Waals surface area (Å²) >= 11 is 0. The number of unbranched alkanes of at least 4 members (excludes halogenated alkanes) is 1. The van der Waals surface area contributed by atoms with Crippen LogP contribution in [0, 0.1) is 25.2 Å². The average molecular weight is 234 g/mol. The van der Waals surface area contributed by atoms with E-state index in [1.165, 1.54) is 0 Å². The third-order valence-corrected chi connectivity index (χ3v) is 3.04. The molecule has 0 aliphatic rings. The lowest BCUT2D eigenvalue weighted by Crippen LogP contribution is -2.11. The van der Waals surface area contributed by atoms with Crippen LogP contribution < -0.4 is 11.5 Å². The van der Waals surface area contributed by atoms with Crippen LogP contribution in [0.4, 0.5) is 5.82 Å². The summed E-state index contributed by atoms with van der Waals surface area (Å²) in [5, 5.41) is 8.98. The van der Waals surface area contributed by atoms with Crippen molar-refractivity contribution >= 4 is 11.7 Å². The number of nitrogens with two attached hydrogens (primary N) is 2. The van der Waals surface area contributed by atoms with Gasteiger partial charge in [0.25, 0.3) is 0 Å². The number of anilines is 1. The number of hydrogen-bond donors (Lipinski definition) is 2. The Hall–Kier alpha value is -1.96. The van der Waals surface area contributed by atoms with E-state index < -0.39 is 0 Å². The summed E-state index contributed by atoms with van der Waals surface area (Å²) in [6.07, 6.45) is 1.96. The Morgan fingerprint density at radius 3 is 2.53 bits per heavy atom. The molecule has 0 unspecified atom stereocenters. The highest BCUT2D eigenvalue weighted by Crippen LogP contribution is 2.23. The highest BCUT2D eigenvalue weighted by Gasteiger charge is 2.14. The minimum absolute atomic E-state index is 0.281. The summed E-state index contributed by atoms with van der Waals surface area (Å²) in [7, 11) is 0. The lowest BCUT2D eigenvalue weighted by Gasteiger charge is -2.08. The Balaban J connectivity index is 2.72. The number of rotatable bonds is 5. The lowest BCUT2D eigenvalue weighted by molar-refractivity contribution is -0.118. The van der Waals surface area contributed by atoms with Crippen LogP contribution in [0.3, 0.4) is 0 Å². The number of nitrogen functional groups attached to an aromatic ring is 1. The van der Waals surface area contributed by atoms with Crippen molar-refractivity contribution in [3.63, 3.8) is 0 Å². The molecule has 0 aromatic carbocycles. The van der Waals surface area contributed by atoms with Crippen molar-refractivity contribution in [2.45, 2.75) is 39.7 Å². The lowest BCUT2D eigenvalue weighted by atomic mass is 10.2. The van der Waals surface area contributed by atoms with Crippen molar-refractivity contribution in [3.8, 4) is 6.07 Å². The van der Waals surface area contributed by atoms with Crippen LogP contribution >= 0.6 is 0 Å². The van der Waals surface area contributed by atoms with E-state index in [1.807, 2.05) is 18.4 Å². The predicted octanol–water partition coefficient (Wildman–Crippen LogP) is 1.21. The van der Waals surface area contributed by atoms with E-state index in [0.717, 1.165) is 24.1 Å². The molecule has 17 heavy (non-hydrogen) atoms. The molecule has 1 rings (SSSR count). The summed E-state index contributed by atoms with van der Waals surface area (Å²) < 4.78 is 1.93. The zero-order valence-electron chi connectivity index (χ0n) is 10.3. The van der Waals surface area contributed by atoms with E-state index in [-0.39, 0.29) is 5.91 Å². The molecule has 5 heteroatoms. The molecule has 0 bridgehead atoms. The molecule has 1 amide bonds. The number of nitriles is 1. The van der Waals surface area contributed by atoms with Crippen LogP contribution in [0.25, 0.3) is 0 Å². The molecule has 4 N–H and O–H groups in total. The Kier molecular flexibility index (Phi) is 4.16. The van der Waals surface area contributed by atoms with Gasteiger partial charge in [-0.2, -0.15) is 5.26 Å². The molecule has 5 nitrogen and oxygen atoms in total. The number of hydrogen-bond acceptors (Lipinski definition) is 3. The molecule has 0 saturated carbocycles. The topological polar surface area (TPSA) is 97.8 Å². The summed E-state index contributed by atoms with van der Waals surface area (Å²) in [6, 6.07) is 2.11. The van der Waals surface area contributed by atoms with Crippen molar-refractivity contribution < 1.29 is 4.79 Å². The van der Waals surface area contributed by atoms with Crippen molar-refractivity contribution in [1.82, 2.24) is 4.57 Å². The zero-order chi connectivity index (χ0) is 13.0. The standard InChI is InChI=1S/C12H18N4O/c1-8-9(2)16(12(15)10(8)7-13)6-4-3-5-11(14)17/h3-6,15H2,1-2H3,(H2,14,17). The fourth-order valence-electron chi connectivity index (χ4n) is 1.89. The molecule has 0 aliphatic heterocycles. The highest BCUT2D eigenvalue weighted by atomic mass is 16.1. The molecule has 92 valence electrons. The maximum Gasteiger partial charge on any atom is 0.217 e. The third kappa shape index (κ3) is 2.78. The Morgan fingerprint density at radius 1 is 1.41 bits per heavy atom. The first-order valence-electron chi connectivity index (χ1n) is 5.62. The highest BCUT2D eigenvalue weighted by molar-refractivity contribution is 5.73. The number of aromatic nitrogens is 1. The third-order valence-electron chi connectivity index (χ3n) is 3.04. The van der Waals surface area contributed by atoms with Gasteiger partial charge in [0, 0.05) is 18.7 Å². The number of nitrogens with zero attached hydrogens (tertiary/aromatic N) is 2. The van der Waals surface area contributed by atoms with Gasteiger partial charge in [-0.3, -0.25) is 4.79 Å². The van der Waals surface area contributed by atoms with E-state index in [2.05, 4.69) is 6.07 Å². The van der Waals surface area contributed by atoms with E-state index in [1.54, 1.807) is 0 Å². The van der Waals surface area contributed by atoms with Gasteiger partial charge < -0.3 is 16.0 Å². The minimum atomic E-state index is -0.281. The molecule has 1 heterocycles. The van der Waals surface area contributed by atoms with Crippen LogP contribution in [0.1, 0.15) is 36.1 Å². The predicted molar refractivity (Wildman–Crippen MR) is 66.1 cm³/mol. The summed E-state index contributed by atoms with van der Waals surface area (Å²) in [5.41, 5.74) is 13.5. The molecular weight excluding hydrogens is 216 g/mol. The molecular formula is C12H18N4O. The van der Waals surface area contributed by atoms with Gasteiger partial charge in [0.1, 0.15) is 11.9 Å². The number of primary amides is 1.